The molecule has 7 N–H and O–H groups in total. The minimum absolute atomic E-state index is 0.0348. The first kappa shape index (κ1) is 30.2. The van der Waals surface area contributed by atoms with Gasteiger partial charge < -0.3 is 63.8 Å². The fraction of sp³-hybridized carbons (Fsp3) is 0.464. The van der Waals surface area contributed by atoms with E-state index in [1.54, 1.807) is 24.3 Å². The van der Waals surface area contributed by atoms with Gasteiger partial charge in [0.25, 0.3) is 0 Å². The van der Waals surface area contributed by atoms with E-state index in [9.17, 15) is 40.5 Å². The van der Waals surface area contributed by atoms with Crippen molar-refractivity contribution in [2.45, 2.75) is 68.3 Å². The average molecular weight is 593 g/mol. The number of benzene rings is 2. The Hall–Kier alpha value is -3.31. The number of phenols is 1. The molecule has 2 aliphatic rings. The number of methoxy groups -OCH3 is 1. The van der Waals surface area contributed by atoms with Crippen molar-refractivity contribution in [3.63, 3.8) is 0 Å². The molecule has 2 saturated heterocycles. The van der Waals surface area contributed by atoms with E-state index in [4.69, 9.17) is 28.1 Å². The van der Waals surface area contributed by atoms with Gasteiger partial charge in [0.15, 0.2) is 11.7 Å². The van der Waals surface area contributed by atoms with Gasteiger partial charge in [-0.15, -0.1) is 0 Å². The van der Waals surface area contributed by atoms with Crippen LogP contribution >= 0.6 is 0 Å². The van der Waals surface area contributed by atoms with Crippen LogP contribution in [0.2, 0.25) is 0 Å². The molecule has 228 valence electrons. The highest BCUT2D eigenvalue weighted by atomic mass is 16.7. The Bertz CT molecular complexity index is 1440. The summed E-state index contributed by atoms with van der Waals surface area (Å²) < 4.78 is 33.3. The van der Waals surface area contributed by atoms with Gasteiger partial charge in [-0.1, -0.05) is 0 Å². The minimum atomic E-state index is -1.78. The molecule has 1 aromatic heterocycles. The lowest BCUT2D eigenvalue weighted by Gasteiger charge is -2.45. The van der Waals surface area contributed by atoms with Crippen LogP contribution in [0.15, 0.2) is 51.7 Å². The van der Waals surface area contributed by atoms with E-state index in [1.807, 2.05) is 0 Å². The second kappa shape index (κ2) is 12.1. The number of aromatic hydroxyl groups is 1. The summed E-state index contributed by atoms with van der Waals surface area (Å²) >= 11 is 0. The molecule has 3 heterocycles. The zero-order valence-corrected chi connectivity index (χ0v) is 22.5. The molecular weight excluding hydrogens is 560 g/mol. The van der Waals surface area contributed by atoms with Gasteiger partial charge in [0, 0.05) is 23.8 Å². The van der Waals surface area contributed by atoms with Crippen molar-refractivity contribution in [1.29, 1.82) is 0 Å². The largest absolute Gasteiger partial charge is 0.507 e. The quantitative estimate of drug-likeness (QED) is 0.179. The topological polar surface area (TPSA) is 218 Å². The van der Waals surface area contributed by atoms with Crippen molar-refractivity contribution in [3.8, 4) is 28.6 Å². The van der Waals surface area contributed by atoms with Crippen LogP contribution in [-0.4, -0.2) is 111 Å². The smallest absolute Gasteiger partial charge is 0.229 e. The summed E-state index contributed by atoms with van der Waals surface area (Å²) in [7, 11) is 1.52. The second-order valence-electron chi connectivity index (χ2n) is 10.1. The summed E-state index contributed by atoms with van der Waals surface area (Å²) in [6.07, 6.45) is -15.0. The third-order valence-electron chi connectivity index (χ3n) is 7.33. The van der Waals surface area contributed by atoms with Gasteiger partial charge in [-0.05, 0) is 31.2 Å². The molecule has 3 aromatic rings. The molecule has 10 atom stereocenters. The maximum absolute atomic E-state index is 12.8. The fourth-order valence-corrected chi connectivity index (χ4v) is 4.94. The minimum Gasteiger partial charge on any atom is -0.507 e. The molecule has 0 unspecified atom stereocenters. The van der Waals surface area contributed by atoms with Crippen LogP contribution in [0.4, 0.5) is 0 Å². The van der Waals surface area contributed by atoms with Crippen LogP contribution in [0, 0.1) is 0 Å². The van der Waals surface area contributed by atoms with Gasteiger partial charge in [-0.25, -0.2) is 0 Å². The Balaban J connectivity index is 1.37. The Morgan fingerprint density at radius 3 is 2.19 bits per heavy atom. The third-order valence-corrected chi connectivity index (χ3v) is 7.33. The van der Waals surface area contributed by atoms with Crippen LogP contribution in [0.3, 0.4) is 0 Å². The summed E-state index contributed by atoms with van der Waals surface area (Å²) in [5.41, 5.74) is 0.0115. The average Bonchev–Trinajstić information content (AvgIpc) is 2.97. The first-order valence-corrected chi connectivity index (χ1v) is 13.1. The number of hydrogen-bond donors (Lipinski definition) is 7. The van der Waals surface area contributed by atoms with Crippen molar-refractivity contribution in [2.24, 2.45) is 0 Å². The summed E-state index contributed by atoms with van der Waals surface area (Å²) in [6.45, 7) is 0.716. The van der Waals surface area contributed by atoms with E-state index in [0.717, 1.165) is 6.07 Å². The van der Waals surface area contributed by atoms with E-state index < -0.39 is 79.2 Å². The molecule has 0 saturated carbocycles. The molecule has 2 aliphatic heterocycles. The van der Waals surface area contributed by atoms with Crippen LogP contribution in [-0.2, 0) is 14.2 Å². The third kappa shape index (κ3) is 5.68. The van der Waals surface area contributed by atoms with Gasteiger partial charge in [-0.3, -0.25) is 4.79 Å². The molecule has 14 nitrogen and oxygen atoms in total. The predicted octanol–water partition coefficient (Wildman–Crippen LogP) is -0.795. The van der Waals surface area contributed by atoms with E-state index in [1.165, 1.54) is 26.2 Å². The van der Waals surface area contributed by atoms with E-state index in [2.05, 4.69) is 0 Å². The molecule has 14 heteroatoms. The molecule has 0 bridgehead atoms. The van der Waals surface area contributed by atoms with E-state index in [0.29, 0.717) is 11.3 Å². The molecule has 0 aliphatic carbocycles. The first-order valence-electron chi connectivity index (χ1n) is 13.1. The van der Waals surface area contributed by atoms with Gasteiger partial charge in [0.1, 0.15) is 76.7 Å². The maximum Gasteiger partial charge on any atom is 0.229 e. The van der Waals surface area contributed by atoms with Crippen LogP contribution in [0.5, 0.6) is 17.2 Å². The first-order chi connectivity index (χ1) is 20.0. The van der Waals surface area contributed by atoms with Gasteiger partial charge in [-0.2, -0.15) is 0 Å². The molecule has 2 fully saturated rings. The summed E-state index contributed by atoms with van der Waals surface area (Å²) in [5, 5.41) is 72.2. The fourth-order valence-electron chi connectivity index (χ4n) is 4.94. The van der Waals surface area contributed by atoms with Crippen LogP contribution in [0.25, 0.3) is 22.3 Å². The summed E-state index contributed by atoms with van der Waals surface area (Å²) in [6, 6.07) is 10.4. The number of rotatable bonds is 7. The molecule has 0 radical (unpaired) electrons. The lowest BCUT2D eigenvalue weighted by Crippen LogP contribution is -2.64. The second-order valence-corrected chi connectivity index (χ2v) is 10.1. The molecule has 0 amide bonds. The van der Waals surface area contributed by atoms with Crippen molar-refractivity contribution >= 4 is 11.0 Å². The zero-order valence-electron chi connectivity index (χ0n) is 22.5. The van der Waals surface area contributed by atoms with E-state index in [-0.39, 0.29) is 22.5 Å². The van der Waals surface area contributed by atoms with E-state index >= 15 is 0 Å². The lowest BCUT2D eigenvalue weighted by molar-refractivity contribution is -0.349. The highest BCUT2D eigenvalue weighted by molar-refractivity contribution is 5.86. The van der Waals surface area contributed by atoms with Crippen molar-refractivity contribution < 1.29 is 63.8 Å². The van der Waals surface area contributed by atoms with Crippen molar-refractivity contribution in [2.75, 3.05) is 13.7 Å². The van der Waals surface area contributed by atoms with Crippen molar-refractivity contribution in [1.82, 2.24) is 0 Å². The van der Waals surface area contributed by atoms with Crippen molar-refractivity contribution in [3.05, 3.63) is 52.7 Å². The highest BCUT2D eigenvalue weighted by Crippen LogP contribution is 2.34. The standard InChI is InChI=1S/C28H32O14/c1-11-21(32)22(33)24(35)27(38-11)42-26-19(10-29)41-28(25(36)23(26)34)39-14-7-15(30)20-16(31)9-17(40-18(20)8-14)12-3-5-13(37-2)6-4-12/h3-9,11,19,21-30,32-36H,10H2,1-2H3/t11-,19+,21-,22+,23+,24+,25+,26+,27+,28+/m0/s1. The molecular formula is C28H32O14. The molecule has 42 heavy (non-hydrogen) atoms. The summed E-state index contributed by atoms with van der Waals surface area (Å²) in [4.78, 5) is 12.8. The number of fused-ring (bicyclic) bond motifs is 1. The van der Waals surface area contributed by atoms with Gasteiger partial charge >= 0.3 is 0 Å². The number of aliphatic hydroxyl groups is 6. The number of ether oxygens (including phenoxy) is 5. The monoisotopic (exact) mass is 592 g/mol. The number of phenolic OH excluding ortho intramolecular Hbond substituents is 1. The highest BCUT2D eigenvalue weighted by Gasteiger charge is 2.50. The Morgan fingerprint density at radius 2 is 1.52 bits per heavy atom. The maximum atomic E-state index is 12.8. The van der Waals surface area contributed by atoms with Gasteiger partial charge in [0.05, 0.1) is 19.8 Å². The Morgan fingerprint density at radius 1 is 0.833 bits per heavy atom. The predicted molar refractivity (Wildman–Crippen MR) is 142 cm³/mol. The zero-order chi connectivity index (χ0) is 30.3. The number of aliphatic hydroxyl groups excluding tert-OH is 6. The molecule has 5 rings (SSSR count). The Kier molecular flexibility index (Phi) is 8.71. The molecule has 0 spiro atoms. The molecule has 2 aromatic carbocycles. The van der Waals surface area contributed by atoms with Crippen LogP contribution < -0.4 is 14.9 Å². The summed E-state index contributed by atoms with van der Waals surface area (Å²) in [5.74, 6) is 0.238. The van der Waals surface area contributed by atoms with Crippen LogP contribution in [0.1, 0.15) is 6.92 Å². The Labute approximate surface area is 238 Å². The number of hydrogen-bond acceptors (Lipinski definition) is 14. The SMILES string of the molecule is COc1ccc(-c2cc(=O)c3c(O)cc(O[C@@H]4O[C@H](CO)[C@@H](O[C@H]5O[C@@H](C)[C@H](O)[C@@H](O)[C@H]5O)[C@H](O)[C@H]4O)cc3o2)cc1. The van der Waals surface area contributed by atoms with Gasteiger partial charge in [0.2, 0.25) is 6.29 Å². The normalized spacial score (nSPS) is 33.4. The lowest BCUT2D eigenvalue weighted by atomic mass is 9.97.